The number of ether oxygens (including phenoxy) is 3. The standard InChI is InChI=1S/C36H56BNO7/c1-11-14-20-35(8,40)24-26-17-19-29(23-31(26)42-10)38-32(39)43-36(13-3,21-15-12-2)25-27-16-18-28(22-30(27)41-9)37-44-33(4,5)34(6,7)45-37/h16-19,22-23,40H,11-15,20-21,24-25H2,1-10H3,(H,38,39). The molecule has 0 bridgehead atoms. The Bertz CT molecular complexity index is 1260. The molecule has 45 heavy (non-hydrogen) atoms. The first kappa shape index (κ1) is 36.7. The second-order valence-electron chi connectivity index (χ2n) is 13.8. The van der Waals surface area contributed by atoms with Crippen LogP contribution in [0.15, 0.2) is 36.4 Å². The largest absolute Gasteiger partial charge is 0.496 e. The molecule has 3 rings (SSSR count). The predicted molar refractivity (Wildman–Crippen MR) is 182 cm³/mol. The fraction of sp³-hybridized carbons (Fsp3) is 0.639. The van der Waals surface area contributed by atoms with Gasteiger partial charge in [-0.05, 0) is 89.0 Å². The molecule has 1 heterocycles. The van der Waals surface area contributed by atoms with Gasteiger partial charge in [-0.2, -0.15) is 0 Å². The van der Waals surface area contributed by atoms with E-state index in [2.05, 4.69) is 26.1 Å². The number of methoxy groups -OCH3 is 2. The normalized spacial score (nSPS) is 18.2. The van der Waals surface area contributed by atoms with Gasteiger partial charge in [0.1, 0.15) is 17.1 Å². The van der Waals surface area contributed by atoms with Gasteiger partial charge in [-0.25, -0.2) is 4.79 Å². The molecule has 1 saturated heterocycles. The van der Waals surface area contributed by atoms with Gasteiger partial charge < -0.3 is 28.6 Å². The van der Waals surface area contributed by atoms with E-state index in [9.17, 15) is 9.90 Å². The second-order valence-corrected chi connectivity index (χ2v) is 13.8. The number of carbonyl (C=O) groups is 1. The summed E-state index contributed by atoms with van der Waals surface area (Å²) in [4.78, 5) is 13.4. The van der Waals surface area contributed by atoms with Crippen molar-refractivity contribution in [2.45, 2.75) is 136 Å². The average Bonchev–Trinajstić information content (AvgIpc) is 3.21. The van der Waals surface area contributed by atoms with Crippen molar-refractivity contribution in [3.63, 3.8) is 0 Å². The van der Waals surface area contributed by atoms with E-state index < -0.39 is 35.6 Å². The number of hydrogen-bond acceptors (Lipinski definition) is 7. The zero-order valence-corrected chi connectivity index (χ0v) is 29.3. The van der Waals surface area contributed by atoms with E-state index in [0.717, 1.165) is 42.3 Å². The Balaban J connectivity index is 1.79. The van der Waals surface area contributed by atoms with E-state index >= 15 is 0 Å². The molecule has 1 amide bonds. The summed E-state index contributed by atoms with van der Waals surface area (Å²) in [5, 5.41) is 13.8. The Morgan fingerprint density at radius 1 is 0.867 bits per heavy atom. The van der Waals surface area contributed by atoms with Gasteiger partial charge in [-0.3, -0.25) is 5.32 Å². The molecule has 1 fully saturated rings. The van der Waals surface area contributed by atoms with Crippen LogP contribution in [0.25, 0.3) is 0 Å². The van der Waals surface area contributed by atoms with Crippen LogP contribution in [0.5, 0.6) is 11.5 Å². The molecule has 1 aliphatic heterocycles. The quantitative estimate of drug-likeness (QED) is 0.185. The van der Waals surface area contributed by atoms with Gasteiger partial charge in [0, 0.05) is 24.6 Å². The third-order valence-electron chi connectivity index (χ3n) is 9.46. The third-order valence-corrected chi connectivity index (χ3v) is 9.46. The highest BCUT2D eigenvalue weighted by Gasteiger charge is 2.51. The van der Waals surface area contributed by atoms with Crippen LogP contribution in [-0.2, 0) is 26.9 Å². The number of unbranched alkanes of at least 4 members (excludes halogenated alkanes) is 2. The van der Waals surface area contributed by atoms with Crippen molar-refractivity contribution in [3.05, 3.63) is 47.5 Å². The number of anilines is 1. The Morgan fingerprint density at radius 3 is 2.00 bits per heavy atom. The SMILES string of the molecule is CCCCC(C)(O)Cc1ccc(NC(=O)OC(CC)(CCCC)Cc2ccc(B3OC(C)(C)C(C)(C)O3)cc2OC)cc1OC. The van der Waals surface area contributed by atoms with Crippen LogP contribution in [0.4, 0.5) is 10.5 Å². The minimum Gasteiger partial charge on any atom is -0.496 e. The molecule has 2 atom stereocenters. The lowest BCUT2D eigenvalue weighted by molar-refractivity contribution is 0.00578. The number of hydrogen-bond donors (Lipinski definition) is 2. The first-order valence-corrected chi connectivity index (χ1v) is 16.6. The van der Waals surface area contributed by atoms with Crippen LogP contribution < -0.4 is 20.3 Å². The van der Waals surface area contributed by atoms with Crippen molar-refractivity contribution < 1.29 is 33.4 Å². The zero-order valence-electron chi connectivity index (χ0n) is 29.3. The molecule has 8 nitrogen and oxygen atoms in total. The molecule has 0 radical (unpaired) electrons. The number of benzene rings is 2. The Labute approximate surface area is 271 Å². The van der Waals surface area contributed by atoms with Crippen molar-refractivity contribution in [1.29, 1.82) is 0 Å². The van der Waals surface area contributed by atoms with Crippen molar-refractivity contribution in [3.8, 4) is 11.5 Å². The summed E-state index contributed by atoms with van der Waals surface area (Å²) < 4.78 is 30.3. The number of rotatable bonds is 16. The smallest absolute Gasteiger partial charge is 0.494 e. The molecule has 0 spiro atoms. The maximum atomic E-state index is 13.4. The highest BCUT2D eigenvalue weighted by atomic mass is 16.7. The number of aliphatic hydroxyl groups is 1. The maximum absolute atomic E-state index is 13.4. The van der Waals surface area contributed by atoms with Crippen molar-refractivity contribution in [2.75, 3.05) is 19.5 Å². The molecular formula is C36H56BNO7. The van der Waals surface area contributed by atoms with E-state index in [1.807, 2.05) is 65.0 Å². The molecule has 1 aliphatic rings. The minimum absolute atomic E-state index is 0.444. The fourth-order valence-corrected chi connectivity index (χ4v) is 5.79. The van der Waals surface area contributed by atoms with E-state index in [1.165, 1.54) is 0 Å². The first-order chi connectivity index (χ1) is 21.1. The highest BCUT2D eigenvalue weighted by molar-refractivity contribution is 6.62. The average molecular weight is 626 g/mol. The van der Waals surface area contributed by atoms with Crippen molar-refractivity contribution in [2.24, 2.45) is 0 Å². The van der Waals surface area contributed by atoms with E-state index in [0.29, 0.717) is 49.3 Å². The fourth-order valence-electron chi connectivity index (χ4n) is 5.79. The summed E-state index contributed by atoms with van der Waals surface area (Å²) in [7, 11) is 2.75. The lowest BCUT2D eigenvalue weighted by Gasteiger charge is -2.33. The second kappa shape index (κ2) is 15.2. The lowest BCUT2D eigenvalue weighted by Crippen LogP contribution is -2.41. The van der Waals surface area contributed by atoms with Crippen LogP contribution in [0.1, 0.15) is 111 Å². The van der Waals surface area contributed by atoms with E-state index in [1.54, 1.807) is 20.3 Å². The monoisotopic (exact) mass is 625 g/mol. The molecular weight excluding hydrogens is 569 g/mol. The van der Waals surface area contributed by atoms with Gasteiger partial charge in [-0.1, -0.05) is 58.2 Å². The Hall–Kier alpha value is -2.75. The summed E-state index contributed by atoms with van der Waals surface area (Å²) in [5.41, 5.74) is 0.833. The van der Waals surface area contributed by atoms with E-state index in [4.69, 9.17) is 23.5 Å². The van der Waals surface area contributed by atoms with Gasteiger partial charge in [0.2, 0.25) is 0 Å². The molecule has 0 aromatic heterocycles. The molecule has 0 saturated carbocycles. The number of amides is 1. The molecule has 0 aliphatic carbocycles. The Kier molecular flexibility index (Phi) is 12.4. The first-order valence-electron chi connectivity index (χ1n) is 16.6. The number of carbonyl (C=O) groups excluding carboxylic acids is 1. The van der Waals surface area contributed by atoms with Gasteiger partial charge in [0.15, 0.2) is 0 Å². The molecule has 9 heteroatoms. The molecule has 2 aromatic rings. The lowest BCUT2D eigenvalue weighted by atomic mass is 9.77. The van der Waals surface area contributed by atoms with Gasteiger partial charge in [0.05, 0.1) is 31.0 Å². The molecule has 2 N–H and O–H groups in total. The predicted octanol–water partition coefficient (Wildman–Crippen LogP) is 7.62. The summed E-state index contributed by atoms with van der Waals surface area (Å²) in [6, 6.07) is 11.5. The topological polar surface area (TPSA) is 95.5 Å². The highest BCUT2D eigenvalue weighted by Crippen LogP contribution is 2.38. The summed E-state index contributed by atoms with van der Waals surface area (Å²) in [6.07, 6.45) is 6.37. The summed E-state index contributed by atoms with van der Waals surface area (Å²) in [5.74, 6) is 1.32. The van der Waals surface area contributed by atoms with Crippen LogP contribution in [0.2, 0.25) is 0 Å². The van der Waals surface area contributed by atoms with E-state index in [-0.39, 0.29) is 0 Å². The van der Waals surface area contributed by atoms with Crippen molar-refractivity contribution >= 4 is 24.4 Å². The van der Waals surface area contributed by atoms with Crippen LogP contribution in [0.3, 0.4) is 0 Å². The maximum Gasteiger partial charge on any atom is 0.494 e. The molecule has 2 aromatic carbocycles. The Morgan fingerprint density at radius 2 is 1.42 bits per heavy atom. The van der Waals surface area contributed by atoms with Crippen molar-refractivity contribution in [1.82, 2.24) is 0 Å². The van der Waals surface area contributed by atoms with Crippen LogP contribution >= 0.6 is 0 Å². The van der Waals surface area contributed by atoms with Gasteiger partial charge in [0.25, 0.3) is 0 Å². The summed E-state index contributed by atoms with van der Waals surface area (Å²) in [6.45, 7) is 16.3. The van der Waals surface area contributed by atoms with Gasteiger partial charge >= 0.3 is 13.2 Å². The van der Waals surface area contributed by atoms with Crippen LogP contribution in [-0.4, -0.2) is 54.9 Å². The minimum atomic E-state index is -0.833. The molecule has 250 valence electrons. The number of nitrogens with one attached hydrogen (secondary N) is 1. The summed E-state index contributed by atoms with van der Waals surface area (Å²) >= 11 is 0. The van der Waals surface area contributed by atoms with Gasteiger partial charge in [-0.15, -0.1) is 0 Å². The van der Waals surface area contributed by atoms with Crippen LogP contribution in [0, 0.1) is 0 Å². The zero-order chi connectivity index (χ0) is 33.5. The molecule has 2 unspecified atom stereocenters. The third kappa shape index (κ3) is 9.40.